The summed E-state index contributed by atoms with van der Waals surface area (Å²) in [5, 5.41) is 8.89. The molecule has 0 radical (unpaired) electrons. The molecule has 3 nitrogen and oxygen atoms in total. The number of nitrogens with zero attached hydrogens (tertiary/aromatic N) is 2. The third kappa shape index (κ3) is 5.46. The van der Waals surface area contributed by atoms with E-state index in [2.05, 4.69) is 39.0 Å². The van der Waals surface area contributed by atoms with Crippen molar-refractivity contribution < 1.29 is 4.79 Å². The second-order valence-electron chi connectivity index (χ2n) is 7.26. The summed E-state index contributed by atoms with van der Waals surface area (Å²) in [5.74, 6) is -0.00774. The average molecular weight is 334 g/mol. The molecule has 0 bridgehead atoms. The number of hydrogen-bond acceptors (Lipinski definition) is 2. The van der Waals surface area contributed by atoms with Crippen molar-refractivity contribution in [2.75, 3.05) is 13.1 Å². The van der Waals surface area contributed by atoms with Crippen LogP contribution in [0.15, 0.2) is 54.6 Å². The largest absolute Gasteiger partial charge is 0.337 e. The lowest BCUT2D eigenvalue weighted by Gasteiger charge is -2.23. The molecule has 0 saturated heterocycles. The van der Waals surface area contributed by atoms with Crippen LogP contribution in [-0.2, 0) is 11.8 Å². The van der Waals surface area contributed by atoms with Gasteiger partial charge in [-0.3, -0.25) is 4.79 Å². The molecule has 0 aromatic heterocycles. The molecular formula is C22H26N2O. The Morgan fingerprint density at radius 1 is 1.00 bits per heavy atom. The van der Waals surface area contributed by atoms with E-state index in [-0.39, 0.29) is 11.3 Å². The Hall–Kier alpha value is -2.60. The van der Waals surface area contributed by atoms with E-state index < -0.39 is 0 Å². The van der Waals surface area contributed by atoms with E-state index >= 15 is 0 Å². The molecule has 0 aliphatic heterocycles. The summed E-state index contributed by atoms with van der Waals surface area (Å²) in [6.45, 7) is 7.55. The van der Waals surface area contributed by atoms with E-state index in [1.807, 2.05) is 42.5 Å². The summed E-state index contributed by atoms with van der Waals surface area (Å²) >= 11 is 0. The zero-order valence-electron chi connectivity index (χ0n) is 15.3. The zero-order chi connectivity index (χ0) is 18.3. The minimum absolute atomic E-state index is 0.00774. The summed E-state index contributed by atoms with van der Waals surface area (Å²) in [6.07, 6.45) is 1.14. The van der Waals surface area contributed by atoms with Crippen LogP contribution in [0.3, 0.4) is 0 Å². The number of rotatable bonds is 6. The fourth-order valence-electron chi connectivity index (χ4n) is 2.70. The van der Waals surface area contributed by atoms with E-state index in [0.717, 1.165) is 6.42 Å². The fraction of sp³-hybridized carbons (Fsp3) is 0.364. The first-order valence-electron chi connectivity index (χ1n) is 8.72. The molecule has 0 spiro atoms. The predicted octanol–water partition coefficient (Wildman–Crippen LogP) is 4.58. The van der Waals surface area contributed by atoms with Gasteiger partial charge >= 0.3 is 0 Å². The first-order valence-corrected chi connectivity index (χ1v) is 8.72. The van der Waals surface area contributed by atoms with Crippen LogP contribution in [0.2, 0.25) is 0 Å². The second kappa shape index (κ2) is 8.48. The molecule has 0 fully saturated rings. The molecule has 130 valence electrons. The molecule has 0 aliphatic rings. The van der Waals surface area contributed by atoms with Gasteiger partial charge in [-0.05, 0) is 35.1 Å². The van der Waals surface area contributed by atoms with Crippen LogP contribution in [0, 0.1) is 11.3 Å². The average Bonchev–Trinajstić information content (AvgIpc) is 2.61. The Morgan fingerprint density at radius 3 is 2.20 bits per heavy atom. The van der Waals surface area contributed by atoms with Crippen LogP contribution in [0.25, 0.3) is 0 Å². The van der Waals surface area contributed by atoms with Crippen molar-refractivity contribution in [2.24, 2.45) is 0 Å². The maximum Gasteiger partial charge on any atom is 0.253 e. The Balaban J connectivity index is 2.10. The van der Waals surface area contributed by atoms with Crippen molar-refractivity contribution in [3.8, 4) is 6.07 Å². The van der Waals surface area contributed by atoms with Gasteiger partial charge in [0.15, 0.2) is 0 Å². The predicted molar refractivity (Wildman–Crippen MR) is 101 cm³/mol. The maximum absolute atomic E-state index is 12.8. The second-order valence-corrected chi connectivity index (χ2v) is 7.26. The van der Waals surface area contributed by atoms with Gasteiger partial charge in [-0.1, -0.05) is 63.2 Å². The molecule has 3 heteroatoms. The summed E-state index contributed by atoms with van der Waals surface area (Å²) in [6, 6.07) is 20.1. The molecule has 0 N–H and O–H groups in total. The molecule has 2 aromatic rings. The summed E-state index contributed by atoms with van der Waals surface area (Å²) in [5.41, 5.74) is 3.14. The molecule has 2 aromatic carbocycles. The van der Waals surface area contributed by atoms with Crippen LogP contribution < -0.4 is 0 Å². The zero-order valence-corrected chi connectivity index (χ0v) is 15.3. The van der Waals surface area contributed by atoms with Crippen molar-refractivity contribution in [2.45, 2.75) is 39.0 Å². The van der Waals surface area contributed by atoms with E-state index in [9.17, 15) is 4.79 Å². The lowest BCUT2D eigenvalue weighted by Crippen LogP contribution is -2.33. The molecule has 0 aliphatic carbocycles. The van der Waals surface area contributed by atoms with Crippen molar-refractivity contribution in [3.63, 3.8) is 0 Å². The van der Waals surface area contributed by atoms with Gasteiger partial charge in [0.05, 0.1) is 12.5 Å². The van der Waals surface area contributed by atoms with Gasteiger partial charge in [0.1, 0.15) is 0 Å². The van der Waals surface area contributed by atoms with Crippen LogP contribution in [0.5, 0.6) is 0 Å². The minimum atomic E-state index is -0.00774. The monoisotopic (exact) mass is 334 g/mol. The van der Waals surface area contributed by atoms with Gasteiger partial charge in [0.2, 0.25) is 0 Å². The van der Waals surface area contributed by atoms with E-state index in [1.165, 1.54) is 11.1 Å². The normalized spacial score (nSPS) is 11.0. The van der Waals surface area contributed by atoms with Crippen molar-refractivity contribution in [1.29, 1.82) is 5.26 Å². The van der Waals surface area contributed by atoms with Gasteiger partial charge < -0.3 is 4.90 Å². The quantitative estimate of drug-likeness (QED) is 0.776. The van der Waals surface area contributed by atoms with Crippen molar-refractivity contribution in [3.05, 3.63) is 71.3 Å². The van der Waals surface area contributed by atoms with Gasteiger partial charge in [-0.25, -0.2) is 0 Å². The summed E-state index contributed by atoms with van der Waals surface area (Å²) in [7, 11) is 0. The van der Waals surface area contributed by atoms with Crippen LogP contribution in [-0.4, -0.2) is 23.9 Å². The van der Waals surface area contributed by atoms with Gasteiger partial charge in [0.25, 0.3) is 5.91 Å². The highest BCUT2D eigenvalue weighted by molar-refractivity contribution is 5.94. The smallest absolute Gasteiger partial charge is 0.253 e. The molecule has 0 heterocycles. The molecule has 0 unspecified atom stereocenters. The molecular weight excluding hydrogens is 308 g/mol. The highest BCUT2D eigenvalue weighted by Crippen LogP contribution is 2.22. The SMILES string of the molecule is CC(C)(C)c1ccc(C(=O)N(CCC#N)CCc2ccccc2)cc1. The van der Waals surface area contributed by atoms with E-state index in [0.29, 0.717) is 25.1 Å². The number of amides is 1. The topological polar surface area (TPSA) is 44.1 Å². The number of nitriles is 1. The first-order chi connectivity index (χ1) is 11.9. The first kappa shape index (κ1) is 18.7. The lowest BCUT2D eigenvalue weighted by molar-refractivity contribution is 0.0761. The molecule has 0 atom stereocenters. The molecule has 2 rings (SSSR count). The van der Waals surface area contributed by atoms with Crippen molar-refractivity contribution >= 4 is 5.91 Å². The highest BCUT2D eigenvalue weighted by atomic mass is 16.2. The fourth-order valence-corrected chi connectivity index (χ4v) is 2.70. The lowest BCUT2D eigenvalue weighted by atomic mass is 9.86. The summed E-state index contributed by atoms with van der Waals surface area (Å²) in [4.78, 5) is 14.6. The van der Waals surface area contributed by atoms with Crippen LogP contribution in [0.4, 0.5) is 0 Å². The Labute approximate surface area is 150 Å². The number of benzene rings is 2. The number of carbonyl (C=O) groups is 1. The summed E-state index contributed by atoms with van der Waals surface area (Å²) < 4.78 is 0. The highest BCUT2D eigenvalue weighted by Gasteiger charge is 2.18. The van der Waals surface area contributed by atoms with Crippen LogP contribution in [0.1, 0.15) is 48.7 Å². The van der Waals surface area contributed by atoms with Gasteiger partial charge in [-0.2, -0.15) is 5.26 Å². The Kier molecular flexibility index (Phi) is 6.36. The standard InChI is InChI=1S/C22H26N2O/c1-22(2,3)20-12-10-19(11-13-20)21(25)24(16-7-15-23)17-14-18-8-5-4-6-9-18/h4-6,8-13H,7,14,16-17H2,1-3H3. The van der Waals surface area contributed by atoms with E-state index in [4.69, 9.17) is 5.26 Å². The molecule has 0 saturated carbocycles. The van der Waals surface area contributed by atoms with E-state index in [1.54, 1.807) is 4.90 Å². The maximum atomic E-state index is 12.8. The Morgan fingerprint density at radius 2 is 1.64 bits per heavy atom. The van der Waals surface area contributed by atoms with Crippen LogP contribution >= 0.6 is 0 Å². The third-order valence-corrected chi connectivity index (χ3v) is 4.29. The molecule has 25 heavy (non-hydrogen) atoms. The third-order valence-electron chi connectivity index (χ3n) is 4.29. The van der Waals surface area contributed by atoms with Gasteiger partial charge in [0, 0.05) is 18.7 Å². The van der Waals surface area contributed by atoms with Gasteiger partial charge in [-0.15, -0.1) is 0 Å². The minimum Gasteiger partial charge on any atom is -0.337 e. The van der Waals surface area contributed by atoms with Crippen molar-refractivity contribution in [1.82, 2.24) is 4.90 Å². The Bertz CT molecular complexity index is 721. The molecule has 1 amide bonds. The number of carbonyl (C=O) groups excluding carboxylic acids is 1. The number of hydrogen-bond donors (Lipinski definition) is 0.